The summed E-state index contributed by atoms with van der Waals surface area (Å²) < 4.78 is 0. The molecule has 0 aliphatic carbocycles. The SMILES string of the molecule is CC(=O)N(C(=O)/C(C#N)=C\Nc1cc(C)cc(C)c1)c1ccc(N)cc1. The van der Waals surface area contributed by atoms with Crippen molar-refractivity contribution in [2.45, 2.75) is 20.8 Å². The summed E-state index contributed by atoms with van der Waals surface area (Å²) in [6.45, 7) is 5.17. The molecule has 2 aromatic rings. The molecule has 3 N–H and O–H groups in total. The molecule has 2 aromatic carbocycles. The Bertz CT molecular complexity index is 888. The molecule has 0 saturated heterocycles. The number of nitrogen functional groups attached to an aromatic ring is 1. The summed E-state index contributed by atoms with van der Waals surface area (Å²) in [6, 6.07) is 13.9. The van der Waals surface area contributed by atoms with E-state index in [2.05, 4.69) is 5.32 Å². The number of nitrogens with one attached hydrogen (secondary N) is 1. The van der Waals surface area contributed by atoms with Crippen LogP contribution in [0.15, 0.2) is 54.2 Å². The third kappa shape index (κ3) is 4.48. The number of carbonyl (C=O) groups is 2. The van der Waals surface area contributed by atoms with Crippen molar-refractivity contribution in [3.8, 4) is 6.07 Å². The van der Waals surface area contributed by atoms with Crippen molar-refractivity contribution in [1.29, 1.82) is 5.26 Å². The quantitative estimate of drug-likeness (QED) is 0.502. The summed E-state index contributed by atoms with van der Waals surface area (Å²) in [5.74, 6) is -1.20. The minimum Gasteiger partial charge on any atom is -0.399 e. The number of benzene rings is 2. The van der Waals surface area contributed by atoms with Crippen LogP contribution < -0.4 is 16.0 Å². The lowest BCUT2D eigenvalue weighted by Crippen LogP contribution is -2.36. The van der Waals surface area contributed by atoms with E-state index in [0.29, 0.717) is 11.4 Å². The van der Waals surface area contributed by atoms with Crippen LogP contribution in [0.1, 0.15) is 18.1 Å². The van der Waals surface area contributed by atoms with Gasteiger partial charge in [-0.1, -0.05) is 6.07 Å². The molecule has 0 atom stereocenters. The summed E-state index contributed by atoms with van der Waals surface area (Å²) in [5.41, 5.74) is 9.18. The topological polar surface area (TPSA) is 99.2 Å². The molecule has 0 saturated carbocycles. The summed E-state index contributed by atoms with van der Waals surface area (Å²) in [7, 11) is 0. The monoisotopic (exact) mass is 348 g/mol. The van der Waals surface area contributed by atoms with Crippen LogP contribution in [-0.2, 0) is 9.59 Å². The van der Waals surface area contributed by atoms with Gasteiger partial charge >= 0.3 is 0 Å². The number of hydrogen-bond acceptors (Lipinski definition) is 5. The van der Waals surface area contributed by atoms with Crippen LogP contribution in [-0.4, -0.2) is 11.8 Å². The number of aryl methyl sites for hydroxylation is 2. The number of hydrogen-bond donors (Lipinski definition) is 2. The van der Waals surface area contributed by atoms with E-state index in [1.54, 1.807) is 24.3 Å². The summed E-state index contributed by atoms with van der Waals surface area (Å²) >= 11 is 0. The molecule has 0 aromatic heterocycles. The van der Waals surface area contributed by atoms with Crippen LogP contribution in [0.3, 0.4) is 0 Å². The van der Waals surface area contributed by atoms with Gasteiger partial charge in [-0.25, -0.2) is 4.90 Å². The van der Waals surface area contributed by atoms with Gasteiger partial charge in [0.1, 0.15) is 11.6 Å². The Morgan fingerprint density at radius 2 is 1.69 bits per heavy atom. The van der Waals surface area contributed by atoms with Crippen molar-refractivity contribution in [2.75, 3.05) is 16.0 Å². The number of anilines is 3. The maximum absolute atomic E-state index is 12.7. The first-order chi connectivity index (χ1) is 12.3. The molecule has 132 valence electrons. The minimum atomic E-state index is -0.707. The van der Waals surface area contributed by atoms with E-state index >= 15 is 0 Å². The Morgan fingerprint density at radius 1 is 1.12 bits per heavy atom. The van der Waals surface area contributed by atoms with Gasteiger partial charge in [0, 0.05) is 24.5 Å². The first-order valence-corrected chi connectivity index (χ1v) is 7.97. The minimum absolute atomic E-state index is 0.184. The van der Waals surface area contributed by atoms with Gasteiger partial charge < -0.3 is 11.1 Å². The lowest BCUT2D eigenvalue weighted by atomic mass is 10.1. The molecule has 6 heteroatoms. The predicted octanol–water partition coefficient (Wildman–Crippen LogP) is 3.28. The average Bonchev–Trinajstić information content (AvgIpc) is 2.56. The average molecular weight is 348 g/mol. The molecule has 2 rings (SSSR count). The van der Waals surface area contributed by atoms with Crippen LogP contribution in [0, 0.1) is 25.2 Å². The number of nitrogens with zero attached hydrogens (tertiary/aromatic N) is 2. The summed E-state index contributed by atoms with van der Waals surface area (Å²) in [6.07, 6.45) is 1.31. The van der Waals surface area contributed by atoms with Crippen molar-refractivity contribution >= 4 is 28.9 Å². The van der Waals surface area contributed by atoms with E-state index in [1.165, 1.54) is 13.1 Å². The van der Waals surface area contributed by atoms with Gasteiger partial charge in [0.05, 0.1) is 5.69 Å². The molecule has 0 heterocycles. The van der Waals surface area contributed by atoms with Gasteiger partial charge in [0.15, 0.2) is 0 Å². The fourth-order valence-electron chi connectivity index (χ4n) is 2.54. The van der Waals surface area contributed by atoms with Gasteiger partial charge in [0.2, 0.25) is 5.91 Å². The van der Waals surface area contributed by atoms with Crippen LogP contribution in [0.5, 0.6) is 0 Å². The molecule has 2 amide bonds. The van der Waals surface area contributed by atoms with Crippen LogP contribution in [0.25, 0.3) is 0 Å². The molecular weight excluding hydrogens is 328 g/mol. The molecule has 0 unspecified atom stereocenters. The standard InChI is InChI=1S/C20H20N4O2/c1-13-8-14(2)10-18(9-13)23-12-16(11-21)20(26)24(15(3)25)19-6-4-17(22)5-7-19/h4-10,12,23H,22H2,1-3H3/b16-12-. The number of rotatable bonds is 4. The van der Waals surface area contributed by atoms with Gasteiger partial charge in [-0.05, 0) is 61.4 Å². The predicted molar refractivity (Wildman–Crippen MR) is 102 cm³/mol. The summed E-state index contributed by atoms with van der Waals surface area (Å²) in [5, 5.41) is 12.3. The number of carbonyl (C=O) groups excluding carboxylic acids is 2. The lowest BCUT2D eigenvalue weighted by molar-refractivity contribution is -0.123. The Morgan fingerprint density at radius 3 is 2.19 bits per heavy atom. The maximum Gasteiger partial charge on any atom is 0.277 e. The fraction of sp³-hybridized carbons (Fsp3) is 0.150. The van der Waals surface area contributed by atoms with Crippen molar-refractivity contribution in [1.82, 2.24) is 0 Å². The van der Waals surface area contributed by atoms with Gasteiger partial charge in [-0.2, -0.15) is 5.26 Å². The molecular formula is C20H20N4O2. The molecule has 0 radical (unpaired) electrons. The fourth-order valence-corrected chi connectivity index (χ4v) is 2.54. The van der Waals surface area contributed by atoms with Gasteiger partial charge in [-0.3, -0.25) is 9.59 Å². The number of nitrogens with two attached hydrogens (primary N) is 1. The Balaban J connectivity index is 2.31. The first kappa shape index (κ1) is 18.7. The highest BCUT2D eigenvalue weighted by atomic mass is 16.2. The highest BCUT2D eigenvalue weighted by Crippen LogP contribution is 2.19. The maximum atomic E-state index is 12.7. The van der Waals surface area contributed by atoms with Crippen molar-refractivity contribution < 1.29 is 9.59 Å². The molecule has 0 spiro atoms. The molecule has 0 aliphatic heterocycles. The number of nitriles is 1. The van der Waals surface area contributed by atoms with Crippen molar-refractivity contribution in [3.05, 3.63) is 65.4 Å². The molecule has 26 heavy (non-hydrogen) atoms. The second-order valence-electron chi connectivity index (χ2n) is 5.94. The van der Waals surface area contributed by atoms with Gasteiger partial charge in [0.25, 0.3) is 5.91 Å². The molecule has 0 fully saturated rings. The highest BCUT2D eigenvalue weighted by molar-refractivity contribution is 6.21. The largest absolute Gasteiger partial charge is 0.399 e. The van der Waals surface area contributed by atoms with Gasteiger partial charge in [-0.15, -0.1) is 0 Å². The Hall–Kier alpha value is -3.59. The molecule has 0 bridgehead atoms. The smallest absolute Gasteiger partial charge is 0.277 e. The number of imide groups is 1. The zero-order valence-corrected chi connectivity index (χ0v) is 14.9. The van der Waals surface area contributed by atoms with E-state index in [9.17, 15) is 14.9 Å². The third-order valence-corrected chi connectivity index (χ3v) is 3.62. The molecule has 6 nitrogen and oxygen atoms in total. The Labute approximate surface area is 152 Å². The normalized spacial score (nSPS) is 10.8. The van der Waals surface area contributed by atoms with E-state index in [-0.39, 0.29) is 5.57 Å². The van der Waals surface area contributed by atoms with E-state index in [4.69, 9.17) is 5.73 Å². The van der Waals surface area contributed by atoms with E-state index in [1.807, 2.05) is 38.1 Å². The second-order valence-corrected chi connectivity index (χ2v) is 5.94. The first-order valence-electron chi connectivity index (χ1n) is 7.97. The third-order valence-electron chi connectivity index (χ3n) is 3.62. The van der Waals surface area contributed by atoms with Crippen molar-refractivity contribution in [2.24, 2.45) is 0 Å². The summed E-state index contributed by atoms with van der Waals surface area (Å²) in [4.78, 5) is 25.6. The lowest BCUT2D eigenvalue weighted by Gasteiger charge is -2.19. The zero-order chi connectivity index (χ0) is 19.3. The van der Waals surface area contributed by atoms with Crippen LogP contribution >= 0.6 is 0 Å². The van der Waals surface area contributed by atoms with E-state index in [0.717, 1.165) is 21.7 Å². The zero-order valence-electron chi connectivity index (χ0n) is 14.9. The van der Waals surface area contributed by atoms with Crippen LogP contribution in [0.4, 0.5) is 17.1 Å². The van der Waals surface area contributed by atoms with E-state index < -0.39 is 11.8 Å². The number of amides is 2. The second kappa shape index (κ2) is 7.99. The van der Waals surface area contributed by atoms with Crippen molar-refractivity contribution in [3.63, 3.8) is 0 Å². The Kier molecular flexibility index (Phi) is 5.76. The highest BCUT2D eigenvalue weighted by Gasteiger charge is 2.23. The van der Waals surface area contributed by atoms with Crippen LogP contribution in [0.2, 0.25) is 0 Å². The molecule has 0 aliphatic rings.